The molecule has 1 nitrogen and oxygen atoms in total. The molecular weight excluding hydrogens is 249 g/mol. The first-order valence-corrected chi connectivity index (χ1v) is 8.12. The number of hydrogen-bond acceptors (Lipinski definition) is 1. The molecular formula is C18H28FN. The van der Waals surface area contributed by atoms with Crippen LogP contribution in [0.1, 0.15) is 57.9 Å². The third kappa shape index (κ3) is 4.05. The van der Waals surface area contributed by atoms with Gasteiger partial charge >= 0.3 is 0 Å². The number of nitrogens with one attached hydrogen (secondary N) is 1. The van der Waals surface area contributed by atoms with Crippen molar-refractivity contribution in [1.82, 2.24) is 5.32 Å². The van der Waals surface area contributed by atoms with E-state index in [1.165, 1.54) is 37.7 Å². The highest BCUT2D eigenvalue weighted by Gasteiger charge is 2.34. The lowest BCUT2D eigenvalue weighted by Crippen LogP contribution is -2.46. The number of rotatable bonds is 6. The average molecular weight is 277 g/mol. The Balaban J connectivity index is 2.07. The zero-order valence-corrected chi connectivity index (χ0v) is 12.9. The Labute approximate surface area is 123 Å². The van der Waals surface area contributed by atoms with Crippen LogP contribution < -0.4 is 5.32 Å². The van der Waals surface area contributed by atoms with Gasteiger partial charge < -0.3 is 5.32 Å². The van der Waals surface area contributed by atoms with E-state index < -0.39 is 0 Å². The van der Waals surface area contributed by atoms with Gasteiger partial charge in [0.1, 0.15) is 5.82 Å². The number of benzene rings is 1. The second-order valence-corrected chi connectivity index (χ2v) is 6.55. The summed E-state index contributed by atoms with van der Waals surface area (Å²) in [5.74, 6) is -0.143. The topological polar surface area (TPSA) is 12.0 Å². The fourth-order valence-electron chi connectivity index (χ4n) is 3.45. The van der Waals surface area contributed by atoms with E-state index in [1.54, 1.807) is 12.1 Å². The molecule has 0 saturated heterocycles. The molecule has 1 aromatic rings. The van der Waals surface area contributed by atoms with Gasteiger partial charge in [-0.15, -0.1) is 0 Å². The van der Waals surface area contributed by atoms with E-state index in [0.29, 0.717) is 11.5 Å². The molecule has 0 aliphatic heterocycles. The summed E-state index contributed by atoms with van der Waals surface area (Å²) in [6.45, 7) is 5.72. The number of halogens is 1. The monoisotopic (exact) mass is 277 g/mol. The smallest absolute Gasteiger partial charge is 0.123 e. The quantitative estimate of drug-likeness (QED) is 0.794. The predicted molar refractivity (Wildman–Crippen MR) is 83.4 cm³/mol. The van der Waals surface area contributed by atoms with Crippen LogP contribution in [-0.2, 0) is 6.42 Å². The zero-order valence-electron chi connectivity index (χ0n) is 12.9. The minimum absolute atomic E-state index is 0.143. The van der Waals surface area contributed by atoms with Crippen LogP contribution in [0.25, 0.3) is 0 Å². The first-order chi connectivity index (χ1) is 9.64. The summed E-state index contributed by atoms with van der Waals surface area (Å²) < 4.78 is 13.0. The molecule has 112 valence electrons. The minimum Gasteiger partial charge on any atom is -0.313 e. The Morgan fingerprint density at radius 3 is 2.40 bits per heavy atom. The lowest BCUT2D eigenvalue weighted by molar-refractivity contribution is 0.143. The Kier molecular flexibility index (Phi) is 5.59. The number of hydrogen-bond donors (Lipinski definition) is 1. The highest BCUT2D eigenvalue weighted by atomic mass is 19.1. The Bertz CT molecular complexity index is 392. The van der Waals surface area contributed by atoms with E-state index in [9.17, 15) is 4.39 Å². The summed E-state index contributed by atoms with van der Waals surface area (Å²) in [5, 5.41) is 3.75. The van der Waals surface area contributed by atoms with Gasteiger partial charge in [-0.25, -0.2) is 4.39 Å². The van der Waals surface area contributed by atoms with Crippen molar-refractivity contribution >= 4 is 0 Å². The van der Waals surface area contributed by atoms with Crippen molar-refractivity contribution in [2.24, 2.45) is 5.41 Å². The Morgan fingerprint density at radius 1 is 1.15 bits per heavy atom. The molecule has 1 aromatic carbocycles. The Morgan fingerprint density at radius 2 is 1.80 bits per heavy atom. The van der Waals surface area contributed by atoms with Crippen LogP contribution >= 0.6 is 0 Å². The standard InChI is InChI=1S/C18H28FN/c1-3-13-20-17(18(2)11-5-4-6-12-18)14-15-7-9-16(19)10-8-15/h7-10,17,20H,3-6,11-14H2,1-2H3. The van der Waals surface area contributed by atoms with Crippen molar-refractivity contribution in [2.75, 3.05) is 6.54 Å². The molecule has 0 bridgehead atoms. The van der Waals surface area contributed by atoms with Crippen LogP contribution in [0.3, 0.4) is 0 Å². The molecule has 2 rings (SSSR count). The third-order valence-electron chi connectivity index (χ3n) is 4.83. The third-order valence-corrected chi connectivity index (χ3v) is 4.83. The molecule has 1 atom stereocenters. The molecule has 0 radical (unpaired) electrons. The van der Waals surface area contributed by atoms with E-state index in [4.69, 9.17) is 0 Å². The molecule has 0 heterocycles. The lowest BCUT2D eigenvalue weighted by atomic mass is 9.69. The molecule has 1 saturated carbocycles. The zero-order chi connectivity index (χ0) is 14.4. The SMILES string of the molecule is CCCNC(Cc1ccc(F)cc1)C1(C)CCCCC1. The van der Waals surface area contributed by atoms with Crippen molar-refractivity contribution in [3.63, 3.8) is 0 Å². The van der Waals surface area contributed by atoms with Gasteiger partial charge in [0.05, 0.1) is 0 Å². The molecule has 0 aromatic heterocycles. The first-order valence-electron chi connectivity index (χ1n) is 8.12. The van der Waals surface area contributed by atoms with Crippen molar-refractivity contribution in [3.8, 4) is 0 Å². The highest BCUT2D eigenvalue weighted by molar-refractivity contribution is 5.18. The van der Waals surface area contributed by atoms with Gasteiger partial charge in [0.25, 0.3) is 0 Å². The summed E-state index contributed by atoms with van der Waals surface area (Å²) in [7, 11) is 0. The summed E-state index contributed by atoms with van der Waals surface area (Å²) in [6.07, 6.45) is 8.89. The predicted octanol–water partition coefficient (Wildman–Crippen LogP) is 4.71. The van der Waals surface area contributed by atoms with Crippen molar-refractivity contribution in [1.29, 1.82) is 0 Å². The largest absolute Gasteiger partial charge is 0.313 e. The maximum Gasteiger partial charge on any atom is 0.123 e. The van der Waals surface area contributed by atoms with E-state index in [2.05, 4.69) is 19.2 Å². The summed E-state index contributed by atoms with van der Waals surface area (Å²) in [5.41, 5.74) is 1.63. The molecule has 0 amide bonds. The molecule has 0 spiro atoms. The van der Waals surface area contributed by atoms with Crippen LogP contribution in [-0.4, -0.2) is 12.6 Å². The summed E-state index contributed by atoms with van der Waals surface area (Å²) >= 11 is 0. The van der Waals surface area contributed by atoms with Gasteiger partial charge in [-0.05, 0) is 55.3 Å². The normalized spacial score (nSPS) is 19.8. The van der Waals surface area contributed by atoms with Gasteiger partial charge in [-0.1, -0.05) is 45.2 Å². The first kappa shape index (κ1) is 15.5. The van der Waals surface area contributed by atoms with E-state index in [-0.39, 0.29) is 5.82 Å². The van der Waals surface area contributed by atoms with Crippen LogP contribution in [0.5, 0.6) is 0 Å². The van der Waals surface area contributed by atoms with E-state index >= 15 is 0 Å². The molecule has 20 heavy (non-hydrogen) atoms. The van der Waals surface area contributed by atoms with Crippen LogP contribution in [0, 0.1) is 11.2 Å². The van der Waals surface area contributed by atoms with Gasteiger partial charge in [0.15, 0.2) is 0 Å². The molecule has 1 unspecified atom stereocenters. The highest BCUT2D eigenvalue weighted by Crippen LogP contribution is 2.39. The second kappa shape index (κ2) is 7.21. The van der Waals surface area contributed by atoms with E-state index in [1.807, 2.05) is 12.1 Å². The second-order valence-electron chi connectivity index (χ2n) is 6.55. The molecule has 1 aliphatic carbocycles. The fraction of sp³-hybridized carbons (Fsp3) is 0.667. The maximum atomic E-state index is 13.0. The van der Waals surface area contributed by atoms with Crippen LogP contribution in [0.2, 0.25) is 0 Å². The Hall–Kier alpha value is -0.890. The molecule has 1 aliphatic rings. The van der Waals surface area contributed by atoms with Gasteiger partial charge in [-0.2, -0.15) is 0 Å². The minimum atomic E-state index is -0.143. The van der Waals surface area contributed by atoms with Crippen LogP contribution in [0.15, 0.2) is 24.3 Å². The molecule has 2 heteroatoms. The maximum absolute atomic E-state index is 13.0. The van der Waals surface area contributed by atoms with E-state index in [0.717, 1.165) is 19.4 Å². The average Bonchev–Trinajstić information content (AvgIpc) is 2.46. The van der Waals surface area contributed by atoms with Crippen molar-refractivity contribution in [3.05, 3.63) is 35.6 Å². The van der Waals surface area contributed by atoms with Crippen molar-refractivity contribution < 1.29 is 4.39 Å². The van der Waals surface area contributed by atoms with Gasteiger partial charge in [0.2, 0.25) is 0 Å². The van der Waals surface area contributed by atoms with Crippen molar-refractivity contribution in [2.45, 2.75) is 64.8 Å². The summed E-state index contributed by atoms with van der Waals surface area (Å²) in [6, 6.07) is 7.53. The van der Waals surface area contributed by atoms with Gasteiger partial charge in [0, 0.05) is 6.04 Å². The molecule has 1 fully saturated rings. The lowest BCUT2D eigenvalue weighted by Gasteiger charge is -2.41. The molecule has 1 N–H and O–H groups in total. The summed E-state index contributed by atoms with van der Waals surface area (Å²) in [4.78, 5) is 0. The fourth-order valence-corrected chi connectivity index (χ4v) is 3.45. The van der Waals surface area contributed by atoms with Gasteiger partial charge in [-0.3, -0.25) is 0 Å². The van der Waals surface area contributed by atoms with Crippen LogP contribution in [0.4, 0.5) is 4.39 Å².